The number of hydrogen-bond acceptors (Lipinski definition) is 6. The number of amides is 1. The second-order valence-corrected chi connectivity index (χ2v) is 8.89. The molecule has 0 bridgehead atoms. The van der Waals surface area contributed by atoms with Crippen LogP contribution in [0.15, 0.2) is 24.3 Å². The van der Waals surface area contributed by atoms with Crippen molar-refractivity contribution in [3.8, 4) is 0 Å². The van der Waals surface area contributed by atoms with Gasteiger partial charge in [-0.25, -0.2) is 9.97 Å². The first-order valence-corrected chi connectivity index (χ1v) is 12.4. The molecule has 3 heterocycles. The highest BCUT2D eigenvalue weighted by molar-refractivity contribution is 6.06. The Morgan fingerprint density at radius 3 is 2.76 bits per heavy atom. The van der Waals surface area contributed by atoms with E-state index in [1.54, 1.807) is 0 Å². The van der Waals surface area contributed by atoms with Crippen molar-refractivity contribution in [2.24, 2.45) is 0 Å². The Hall–Kier alpha value is -2.71. The van der Waals surface area contributed by atoms with Crippen LogP contribution in [0.1, 0.15) is 44.9 Å². The Labute approximate surface area is 195 Å². The van der Waals surface area contributed by atoms with E-state index in [1.807, 2.05) is 18.2 Å². The molecule has 178 valence electrons. The fourth-order valence-corrected chi connectivity index (χ4v) is 4.58. The first-order valence-electron chi connectivity index (χ1n) is 12.4. The highest BCUT2D eigenvalue weighted by Crippen LogP contribution is 2.29. The molecule has 8 heteroatoms. The number of unbranched alkanes of at least 4 members (excludes halogenated alkanes) is 2. The van der Waals surface area contributed by atoms with Crippen molar-refractivity contribution in [1.82, 2.24) is 30.1 Å². The fraction of sp³-hybridized carbons (Fsp3) is 0.560. The molecule has 0 radical (unpaired) electrons. The summed E-state index contributed by atoms with van der Waals surface area (Å²) in [7, 11) is 0. The minimum Gasteiger partial charge on any atom is -0.382 e. The molecule has 3 aromatic rings. The summed E-state index contributed by atoms with van der Waals surface area (Å²) in [5.41, 5.74) is 9.08. The lowest BCUT2D eigenvalue weighted by Gasteiger charge is -2.26. The van der Waals surface area contributed by atoms with E-state index >= 15 is 0 Å². The summed E-state index contributed by atoms with van der Waals surface area (Å²) in [6.07, 6.45) is 5.63. The van der Waals surface area contributed by atoms with Crippen molar-refractivity contribution >= 4 is 33.7 Å². The highest BCUT2D eigenvalue weighted by Gasteiger charge is 2.17. The molecule has 0 unspecified atom stereocenters. The largest absolute Gasteiger partial charge is 0.382 e. The maximum absolute atomic E-state index is 12.2. The van der Waals surface area contributed by atoms with Gasteiger partial charge in [-0.2, -0.15) is 0 Å². The third kappa shape index (κ3) is 5.81. The van der Waals surface area contributed by atoms with Gasteiger partial charge < -0.3 is 25.8 Å². The molecular weight excluding hydrogens is 414 g/mol. The van der Waals surface area contributed by atoms with Crippen LogP contribution in [-0.4, -0.2) is 64.6 Å². The second-order valence-electron chi connectivity index (χ2n) is 8.89. The molecular formula is C25H37N7O. The van der Waals surface area contributed by atoms with Crippen molar-refractivity contribution in [2.45, 2.75) is 52.0 Å². The molecule has 1 fully saturated rings. The number of nitrogens with one attached hydrogen (secondary N) is 2. The molecule has 0 atom stereocenters. The maximum atomic E-state index is 12.2. The number of para-hydroxylation sites is 1. The third-order valence-electron chi connectivity index (χ3n) is 6.44. The van der Waals surface area contributed by atoms with Gasteiger partial charge in [0.2, 0.25) is 5.91 Å². The second kappa shape index (κ2) is 11.4. The fourth-order valence-electron chi connectivity index (χ4n) is 4.58. The van der Waals surface area contributed by atoms with Crippen LogP contribution in [0.25, 0.3) is 21.9 Å². The van der Waals surface area contributed by atoms with Gasteiger partial charge in [-0.05, 0) is 25.3 Å². The van der Waals surface area contributed by atoms with Gasteiger partial charge in [0.25, 0.3) is 0 Å². The van der Waals surface area contributed by atoms with Gasteiger partial charge in [0.15, 0.2) is 5.82 Å². The number of nitrogens with two attached hydrogens (primary N) is 1. The Morgan fingerprint density at radius 2 is 1.94 bits per heavy atom. The molecule has 1 aliphatic rings. The van der Waals surface area contributed by atoms with Crippen LogP contribution < -0.4 is 16.4 Å². The Kier molecular flexibility index (Phi) is 8.12. The lowest BCUT2D eigenvalue weighted by atomic mass is 10.2. The predicted molar refractivity (Wildman–Crippen MR) is 134 cm³/mol. The number of carbonyl (C=O) groups excluding carboxylic acids is 1. The van der Waals surface area contributed by atoms with E-state index in [0.717, 1.165) is 99.1 Å². The number of benzene rings is 1. The first-order chi connectivity index (χ1) is 16.2. The van der Waals surface area contributed by atoms with Crippen LogP contribution >= 0.6 is 0 Å². The van der Waals surface area contributed by atoms with Gasteiger partial charge in [0.05, 0.1) is 11.0 Å². The SMILES string of the molecule is CCCCc1nc2c(N)nc3ccccc3c2n1CCCCNC(=O)CCN1CCNCC1. The number of pyridine rings is 1. The van der Waals surface area contributed by atoms with Crippen LogP contribution in [0.2, 0.25) is 0 Å². The number of aryl methyl sites for hydroxylation is 2. The normalized spacial score (nSPS) is 14.8. The van der Waals surface area contributed by atoms with Gasteiger partial charge in [0.1, 0.15) is 11.3 Å². The molecule has 1 aromatic carbocycles. The van der Waals surface area contributed by atoms with Gasteiger partial charge in [-0.3, -0.25) is 4.79 Å². The highest BCUT2D eigenvalue weighted by atomic mass is 16.1. The quantitative estimate of drug-likeness (QED) is 0.388. The molecule has 0 saturated carbocycles. The molecule has 4 N–H and O–H groups in total. The number of piperazine rings is 1. The third-order valence-corrected chi connectivity index (χ3v) is 6.44. The van der Waals surface area contributed by atoms with E-state index in [1.165, 1.54) is 0 Å². The molecule has 8 nitrogen and oxygen atoms in total. The predicted octanol–water partition coefficient (Wildman–Crippen LogP) is 2.70. The number of imidazole rings is 1. The first kappa shape index (κ1) is 23.4. The average molecular weight is 452 g/mol. The van der Waals surface area contributed by atoms with Crippen molar-refractivity contribution in [1.29, 1.82) is 0 Å². The van der Waals surface area contributed by atoms with Gasteiger partial charge >= 0.3 is 0 Å². The summed E-state index contributed by atoms with van der Waals surface area (Å²) in [5, 5.41) is 7.53. The van der Waals surface area contributed by atoms with E-state index in [0.29, 0.717) is 18.8 Å². The van der Waals surface area contributed by atoms with Crippen LogP contribution in [-0.2, 0) is 17.8 Å². The summed E-state index contributed by atoms with van der Waals surface area (Å²) in [6, 6.07) is 8.14. The molecule has 1 aliphatic heterocycles. The van der Waals surface area contributed by atoms with Crippen molar-refractivity contribution in [2.75, 3.05) is 45.0 Å². The standard InChI is InChI=1S/C25H37N7O/c1-2-3-10-21-30-23-24(19-8-4-5-9-20(19)29-25(23)26)32(21)15-7-6-12-28-22(33)11-16-31-17-13-27-14-18-31/h4-5,8-9,27H,2-3,6-7,10-18H2,1H3,(H2,26,29)(H,28,33). The van der Waals surface area contributed by atoms with Gasteiger partial charge in [-0.1, -0.05) is 31.5 Å². The van der Waals surface area contributed by atoms with E-state index in [2.05, 4.69) is 38.1 Å². The van der Waals surface area contributed by atoms with Crippen molar-refractivity contribution < 1.29 is 4.79 Å². The lowest BCUT2D eigenvalue weighted by molar-refractivity contribution is -0.121. The topological polar surface area (TPSA) is 101 Å². The molecule has 2 aromatic heterocycles. The van der Waals surface area contributed by atoms with Crippen LogP contribution in [0.4, 0.5) is 5.82 Å². The Morgan fingerprint density at radius 1 is 1.12 bits per heavy atom. The summed E-state index contributed by atoms with van der Waals surface area (Å²) in [4.78, 5) is 24.0. The minimum absolute atomic E-state index is 0.148. The Bertz CT molecular complexity index is 1070. The number of anilines is 1. The molecule has 1 amide bonds. The van der Waals surface area contributed by atoms with Gasteiger partial charge in [-0.15, -0.1) is 0 Å². The number of nitrogen functional groups attached to an aromatic ring is 1. The maximum Gasteiger partial charge on any atom is 0.221 e. The molecule has 4 rings (SSSR count). The number of hydrogen-bond donors (Lipinski definition) is 3. The summed E-state index contributed by atoms with van der Waals surface area (Å²) in [6.45, 7) is 8.70. The van der Waals surface area contributed by atoms with Crippen LogP contribution in [0.5, 0.6) is 0 Å². The van der Waals surface area contributed by atoms with Crippen LogP contribution in [0, 0.1) is 0 Å². The number of aromatic nitrogens is 3. The Balaban J connectivity index is 1.36. The zero-order chi connectivity index (χ0) is 23.0. The molecule has 33 heavy (non-hydrogen) atoms. The van der Waals surface area contributed by atoms with E-state index in [9.17, 15) is 4.79 Å². The van der Waals surface area contributed by atoms with Crippen molar-refractivity contribution in [3.63, 3.8) is 0 Å². The monoisotopic (exact) mass is 451 g/mol. The lowest BCUT2D eigenvalue weighted by Crippen LogP contribution is -2.44. The summed E-state index contributed by atoms with van der Waals surface area (Å²) in [5.74, 6) is 1.73. The zero-order valence-corrected chi connectivity index (χ0v) is 19.8. The molecule has 1 saturated heterocycles. The molecule has 0 spiro atoms. The minimum atomic E-state index is 0.148. The van der Waals surface area contributed by atoms with E-state index in [-0.39, 0.29) is 5.91 Å². The van der Waals surface area contributed by atoms with E-state index in [4.69, 9.17) is 10.7 Å². The van der Waals surface area contributed by atoms with E-state index < -0.39 is 0 Å². The average Bonchev–Trinajstić information content (AvgIpc) is 3.21. The number of fused-ring (bicyclic) bond motifs is 3. The zero-order valence-electron chi connectivity index (χ0n) is 19.8. The number of nitrogens with zero attached hydrogens (tertiary/aromatic N) is 4. The molecule has 0 aliphatic carbocycles. The number of rotatable bonds is 11. The summed E-state index contributed by atoms with van der Waals surface area (Å²) >= 11 is 0. The van der Waals surface area contributed by atoms with Gasteiger partial charge in [0, 0.05) is 64.0 Å². The smallest absolute Gasteiger partial charge is 0.221 e. The number of carbonyl (C=O) groups is 1. The van der Waals surface area contributed by atoms with Crippen LogP contribution in [0.3, 0.4) is 0 Å². The van der Waals surface area contributed by atoms with Crippen molar-refractivity contribution in [3.05, 3.63) is 30.1 Å². The summed E-state index contributed by atoms with van der Waals surface area (Å²) < 4.78 is 2.33.